The minimum absolute atomic E-state index is 0.339. The summed E-state index contributed by atoms with van der Waals surface area (Å²) in [4.78, 5) is 0. The molecule has 0 fully saturated rings. The molecular formula is C7H16N4O5. The molecule has 0 aromatic heterocycles. The van der Waals surface area contributed by atoms with Gasteiger partial charge in [0, 0.05) is 0 Å². The van der Waals surface area contributed by atoms with Crippen molar-refractivity contribution in [1.82, 2.24) is 0 Å². The first kappa shape index (κ1) is 14.7. The van der Waals surface area contributed by atoms with Crippen molar-refractivity contribution in [2.45, 2.75) is 24.4 Å². The van der Waals surface area contributed by atoms with Gasteiger partial charge in [0.2, 0.25) is 5.96 Å². The van der Waals surface area contributed by atoms with Gasteiger partial charge in [0.1, 0.15) is 24.4 Å². The summed E-state index contributed by atoms with van der Waals surface area (Å²) in [7, 11) is 0. The Kier molecular flexibility index (Phi) is 6.53. The van der Waals surface area contributed by atoms with Crippen molar-refractivity contribution in [3.63, 3.8) is 0 Å². The van der Waals surface area contributed by atoms with E-state index < -0.39 is 31.0 Å². The van der Waals surface area contributed by atoms with E-state index in [0.29, 0.717) is 0 Å². The lowest BCUT2D eigenvalue weighted by Gasteiger charge is -2.23. The van der Waals surface area contributed by atoms with Crippen molar-refractivity contribution >= 4 is 12.2 Å². The lowest BCUT2D eigenvalue weighted by atomic mass is 10.0. The highest BCUT2D eigenvalue weighted by atomic mass is 16.4. The number of hydrogen-bond acceptors (Lipinski definition) is 7. The monoisotopic (exact) mass is 236 g/mol. The third kappa shape index (κ3) is 5.00. The molecule has 0 aromatic rings. The van der Waals surface area contributed by atoms with Crippen LogP contribution in [-0.2, 0) is 0 Å². The number of nitrogens with zero attached hydrogens (tertiary/aromatic N) is 2. The van der Waals surface area contributed by atoms with E-state index in [1.54, 1.807) is 0 Å². The zero-order valence-electron chi connectivity index (χ0n) is 8.38. The standard InChI is InChI=1S/C7H16N4O5/c8-7(9)11-10-1-3(13)5(15)6(16)4(14)2-12/h1,3-6,12-16H,2H2,(H4,8,9,11). The molecule has 9 nitrogen and oxygen atoms in total. The first-order valence-electron chi connectivity index (χ1n) is 4.35. The van der Waals surface area contributed by atoms with Crippen molar-refractivity contribution in [2.75, 3.05) is 6.61 Å². The molecule has 0 saturated heterocycles. The molecular weight excluding hydrogens is 220 g/mol. The molecule has 94 valence electrons. The van der Waals surface area contributed by atoms with Crippen LogP contribution in [0.1, 0.15) is 0 Å². The molecule has 0 aliphatic carbocycles. The first-order valence-corrected chi connectivity index (χ1v) is 4.35. The predicted molar refractivity (Wildman–Crippen MR) is 55.4 cm³/mol. The topological polar surface area (TPSA) is 178 Å². The summed E-state index contributed by atoms with van der Waals surface area (Å²) in [6, 6.07) is 0. The fraction of sp³-hybridized carbons (Fsp3) is 0.714. The van der Waals surface area contributed by atoms with E-state index in [0.717, 1.165) is 6.21 Å². The average Bonchev–Trinajstić information content (AvgIpc) is 2.25. The van der Waals surface area contributed by atoms with Crippen molar-refractivity contribution < 1.29 is 25.5 Å². The highest BCUT2D eigenvalue weighted by Crippen LogP contribution is 2.03. The van der Waals surface area contributed by atoms with Crippen LogP contribution in [0.5, 0.6) is 0 Å². The van der Waals surface area contributed by atoms with Crippen LogP contribution in [0.15, 0.2) is 10.2 Å². The highest BCUT2D eigenvalue weighted by Gasteiger charge is 2.28. The molecule has 16 heavy (non-hydrogen) atoms. The number of hydrogen-bond donors (Lipinski definition) is 7. The molecule has 0 rings (SSSR count). The van der Waals surface area contributed by atoms with Gasteiger partial charge in [-0.1, -0.05) is 0 Å². The van der Waals surface area contributed by atoms with Crippen molar-refractivity contribution in [3.8, 4) is 0 Å². The summed E-state index contributed by atoms with van der Waals surface area (Å²) in [5, 5.41) is 51.5. The van der Waals surface area contributed by atoms with Crippen LogP contribution in [0.25, 0.3) is 0 Å². The van der Waals surface area contributed by atoms with E-state index in [4.69, 9.17) is 21.7 Å². The Balaban J connectivity index is 4.32. The predicted octanol–water partition coefficient (Wildman–Crippen LogP) is -4.32. The maximum absolute atomic E-state index is 9.28. The van der Waals surface area contributed by atoms with Gasteiger partial charge in [-0.15, -0.1) is 5.10 Å². The van der Waals surface area contributed by atoms with E-state index in [1.165, 1.54) is 0 Å². The Bertz CT molecular complexity index is 255. The van der Waals surface area contributed by atoms with E-state index in [1.807, 2.05) is 0 Å². The van der Waals surface area contributed by atoms with Crippen molar-refractivity contribution in [2.24, 2.45) is 21.7 Å². The molecule has 0 saturated carbocycles. The molecule has 9 N–H and O–H groups in total. The van der Waals surface area contributed by atoms with E-state index >= 15 is 0 Å². The SMILES string of the molecule is NC(N)=NN=CC(O)C(O)C(O)C(O)CO. The Morgan fingerprint density at radius 1 is 1.12 bits per heavy atom. The van der Waals surface area contributed by atoms with Gasteiger partial charge in [-0.2, -0.15) is 5.10 Å². The number of aliphatic hydroxyl groups is 5. The second-order valence-electron chi connectivity index (χ2n) is 3.01. The van der Waals surface area contributed by atoms with Gasteiger partial charge in [-0.25, -0.2) is 0 Å². The lowest BCUT2D eigenvalue weighted by Crippen LogP contribution is -2.46. The maximum Gasteiger partial charge on any atom is 0.211 e. The van der Waals surface area contributed by atoms with Crippen LogP contribution in [0, 0.1) is 0 Å². The number of guanidine groups is 1. The summed E-state index contributed by atoms with van der Waals surface area (Å²) in [5.41, 5.74) is 9.86. The van der Waals surface area contributed by atoms with Gasteiger partial charge in [0.05, 0.1) is 12.8 Å². The van der Waals surface area contributed by atoms with Crippen LogP contribution in [0.2, 0.25) is 0 Å². The van der Waals surface area contributed by atoms with Gasteiger partial charge in [0.25, 0.3) is 0 Å². The second-order valence-corrected chi connectivity index (χ2v) is 3.01. The third-order valence-electron chi connectivity index (χ3n) is 1.67. The zero-order chi connectivity index (χ0) is 12.7. The van der Waals surface area contributed by atoms with E-state index in [9.17, 15) is 15.3 Å². The Hall–Kier alpha value is -1.26. The average molecular weight is 236 g/mol. The molecule has 0 amide bonds. The Labute approximate surface area is 91.3 Å². The van der Waals surface area contributed by atoms with Gasteiger partial charge in [0.15, 0.2) is 0 Å². The molecule has 0 heterocycles. The molecule has 0 aliphatic heterocycles. The maximum atomic E-state index is 9.28. The van der Waals surface area contributed by atoms with Crippen LogP contribution in [0.3, 0.4) is 0 Å². The molecule has 4 unspecified atom stereocenters. The normalized spacial score (nSPS) is 19.1. The molecule has 0 bridgehead atoms. The van der Waals surface area contributed by atoms with Crippen LogP contribution >= 0.6 is 0 Å². The van der Waals surface area contributed by atoms with Gasteiger partial charge in [-0.05, 0) is 0 Å². The Morgan fingerprint density at radius 2 is 1.69 bits per heavy atom. The molecule has 0 aromatic carbocycles. The first-order chi connectivity index (χ1) is 7.40. The third-order valence-corrected chi connectivity index (χ3v) is 1.67. The van der Waals surface area contributed by atoms with Gasteiger partial charge in [-0.3, -0.25) is 0 Å². The largest absolute Gasteiger partial charge is 0.394 e. The quantitative estimate of drug-likeness (QED) is 0.138. The van der Waals surface area contributed by atoms with Crippen molar-refractivity contribution in [1.29, 1.82) is 0 Å². The minimum atomic E-state index is -1.72. The van der Waals surface area contributed by atoms with Crippen LogP contribution in [0.4, 0.5) is 0 Å². The number of aliphatic hydroxyl groups excluding tert-OH is 5. The minimum Gasteiger partial charge on any atom is -0.394 e. The highest BCUT2D eigenvalue weighted by molar-refractivity contribution is 5.76. The molecule has 0 radical (unpaired) electrons. The Morgan fingerprint density at radius 3 is 2.12 bits per heavy atom. The summed E-state index contributed by atoms with van der Waals surface area (Å²) in [5.74, 6) is -0.339. The second kappa shape index (κ2) is 7.09. The van der Waals surface area contributed by atoms with Gasteiger partial charge >= 0.3 is 0 Å². The fourth-order valence-corrected chi connectivity index (χ4v) is 0.794. The smallest absolute Gasteiger partial charge is 0.211 e. The van der Waals surface area contributed by atoms with Gasteiger partial charge < -0.3 is 37.0 Å². The number of nitrogens with two attached hydrogens (primary N) is 2. The summed E-state index contributed by atoms with van der Waals surface area (Å²) >= 11 is 0. The number of rotatable bonds is 6. The lowest BCUT2D eigenvalue weighted by molar-refractivity contribution is -0.0999. The zero-order valence-corrected chi connectivity index (χ0v) is 8.38. The molecule has 0 aliphatic rings. The summed E-state index contributed by atoms with van der Waals surface area (Å²) in [6.45, 7) is -0.754. The fourth-order valence-electron chi connectivity index (χ4n) is 0.794. The molecule has 9 heteroatoms. The van der Waals surface area contributed by atoms with E-state index in [2.05, 4.69) is 10.2 Å². The molecule has 0 spiro atoms. The van der Waals surface area contributed by atoms with E-state index in [-0.39, 0.29) is 5.96 Å². The molecule has 4 atom stereocenters. The summed E-state index contributed by atoms with van der Waals surface area (Å²) < 4.78 is 0. The van der Waals surface area contributed by atoms with Crippen LogP contribution < -0.4 is 11.5 Å². The summed E-state index contributed by atoms with van der Waals surface area (Å²) in [6.07, 6.45) is -5.82. The van der Waals surface area contributed by atoms with Crippen molar-refractivity contribution in [3.05, 3.63) is 0 Å². The van der Waals surface area contributed by atoms with Crippen LogP contribution in [-0.4, -0.2) is 68.7 Å².